The van der Waals surface area contributed by atoms with Crippen LogP contribution in [0.5, 0.6) is 0 Å². The zero-order valence-electron chi connectivity index (χ0n) is 8.29. The van der Waals surface area contributed by atoms with Gasteiger partial charge in [-0.25, -0.2) is 0 Å². The summed E-state index contributed by atoms with van der Waals surface area (Å²) in [6.45, 7) is 6.79. The van der Waals surface area contributed by atoms with E-state index in [0.29, 0.717) is 0 Å². The maximum atomic E-state index is 2.26. The van der Waals surface area contributed by atoms with E-state index >= 15 is 0 Å². The van der Waals surface area contributed by atoms with E-state index in [1.807, 2.05) is 0 Å². The molecule has 0 aliphatic heterocycles. The molecule has 0 saturated carbocycles. The number of fused-ring (bicyclic) bond motifs is 1. The van der Waals surface area contributed by atoms with Gasteiger partial charge in [0.15, 0.2) is 0 Å². The van der Waals surface area contributed by atoms with Crippen molar-refractivity contribution in [2.45, 2.75) is 26.2 Å². The van der Waals surface area contributed by atoms with Gasteiger partial charge in [-0.3, -0.25) is 0 Å². The van der Waals surface area contributed by atoms with E-state index in [0.717, 1.165) is 0 Å². The Morgan fingerprint density at radius 2 is 1.85 bits per heavy atom. The largest absolute Gasteiger partial charge is 0.151 e. The summed E-state index contributed by atoms with van der Waals surface area (Å²) in [6.07, 6.45) is 0. The van der Waals surface area contributed by atoms with E-state index < -0.39 is 0 Å². The highest BCUT2D eigenvalue weighted by Crippen LogP contribution is 2.31. The van der Waals surface area contributed by atoms with Crippen LogP contribution in [-0.4, -0.2) is 0 Å². The Hall–Kier alpha value is -0.820. The second kappa shape index (κ2) is 2.85. The molecule has 0 aliphatic carbocycles. The van der Waals surface area contributed by atoms with E-state index in [1.165, 1.54) is 16.3 Å². The van der Waals surface area contributed by atoms with Crippen molar-refractivity contribution in [1.82, 2.24) is 0 Å². The van der Waals surface area contributed by atoms with E-state index in [1.54, 1.807) is 11.3 Å². The lowest BCUT2D eigenvalue weighted by Crippen LogP contribution is -2.10. The summed E-state index contributed by atoms with van der Waals surface area (Å²) < 4.78 is 0. The van der Waals surface area contributed by atoms with Crippen molar-refractivity contribution in [3.63, 3.8) is 0 Å². The smallest absolute Gasteiger partial charge is 0.00115 e. The maximum Gasteiger partial charge on any atom is -0.00115 e. The van der Waals surface area contributed by atoms with Gasteiger partial charge in [-0.05, 0) is 32.5 Å². The van der Waals surface area contributed by atoms with E-state index in [-0.39, 0.29) is 5.41 Å². The van der Waals surface area contributed by atoms with Crippen molar-refractivity contribution in [1.29, 1.82) is 0 Å². The third-order valence-electron chi connectivity index (χ3n) is 2.33. The van der Waals surface area contributed by atoms with Gasteiger partial charge in [0, 0.05) is 0 Å². The maximum absolute atomic E-state index is 2.26. The van der Waals surface area contributed by atoms with Crippen molar-refractivity contribution >= 4 is 22.1 Å². The van der Waals surface area contributed by atoms with Gasteiger partial charge >= 0.3 is 0 Å². The molecule has 0 fully saturated rings. The molecule has 1 heteroatoms. The zero-order valence-corrected chi connectivity index (χ0v) is 9.11. The normalized spacial score (nSPS) is 12.2. The minimum Gasteiger partial charge on any atom is -0.151 e. The molecular weight excluding hydrogens is 176 g/mol. The standard InChI is InChI=1S/C12H14S/c1-12(2,3)11-6-4-5-9-7-13-8-10(9)11/h4-8H,1-3H3. The number of thiophene rings is 1. The molecule has 0 radical (unpaired) electrons. The number of hydrogen-bond acceptors (Lipinski definition) is 1. The molecule has 68 valence electrons. The van der Waals surface area contributed by atoms with E-state index in [4.69, 9.17) is 0 Å². The molecule has 0 spiro atoms. The van der Waals surface area contributed by atoms with Crippen LogP contribution >= 0.6 is 11.3 Å². The first-order chi connectivity index (χ1) is 6.09. The number of rotatable bonds is 0. The van der Waals surface area contributed by atoms with Gasteiger partial charge in [-0.15, -0.1) is 0 Å². The molecule has 2 aromatic rings. The molecular formula is C12H14S. The van der Waals surface area contributed by atoms with E-state index in [2.05, 4.69) is 49.7 Å². The second-order valence-corrected chi connectivity index (χ2v) is 5.17. The first-order valence-corrected chi connectivity index (χ1v) is 5.49. The predicted molar refractivity (Wildman–Crippen MR) is 60.5 cm³/mol. The first-order valence-electron chi connectivity index (χ1n) is 4.54. The van der Waals surface area contributed by atoms with Crippen LogP contribution in [0.1, 0.15) is 26.3 Å². The van der Waals surface area contributed by atoms with Crippen LogP contribution in [0, 0.1) is 0 Å². The predicted octanol–water partition coefficient (Wildman–Crippen LogP) is 4.20. The average Bonchev–Trinajstić information content (AvgIpc) is 2.48. The summed E-state index contributed by atoms with van der Waals surface area (Å²) in [6, 6.07) is 6.56. The SMILES string of the molecule is CC(C)(C)c1cccc2cscc12. The highest BCUT2D eigenvalue weighted by Gasteiger charge is 2.16. The molecule has 2 rings (SSSR count). The fourth-order valence-corrected chi connectivity index (χ4v) is 2.47. The van der Waals surface area contributed by atoms with Crippen LogP contribution in [0.25, 0.3) is 10.8 Å². The highest BCUT2D eigenvalue weighted by atomic mass is 32.1. The molecule has 1 aromatic heterocycles. The van der Waals surface area contributed by atoms with E-state index in [9.17, 15) is 0 Å². The fourth-order valence-electron chi connectivity index (χ4n) is 1.65. The van der Waals surface area contributed by atoms with Crippen molar-refractivity contribution in [3.8, 4) is 0 Å². The van der Waals surface area contributed by atoms with Crippen LogP contribution in [-0.2, 0) is 5.41 Å². The fraction of sp³-hybridized carbons (Fsp3) is 0.333. The molecule has 0 nitrogen and oxygen atoms in total. The number of hydrogen-bond donors (Lipinski definition) is 0. The van der Waals surface area contributed by atoms with Crippen molar-refractivity contribution in [2.75, 3.05) is 0 Å². The lowest BCUT2D eigenvalue weighted by molar-refractivity contribution is 0.596. The quantitative estimate of drug-likeness (QED) is 0.584. The molecule has 0 bridgehead atoms. The molecule has 0 N–H and O–H groups in total. The van der Waals surface area contributed by atoms with Gasteiger partial charge in [0.2, 0.25) is 0 Å². The van der Waals surface area contributed by atoms with Gasteiger partial charge in [-0.1, -0.05) is 39.0 Å². The lowest BCUT2D eigenvalue weighted by atomic mass is 9.85. The van der Waals surface area contributed by atoms with Gasteiger partial charge < -0.3 is 0 Å². The molecule has 1 aromatic carbocycles. The Labute approximate surface area is 83.2 Å². The second-order valence-electron chi connectivity index (χ2n) is 4.43. The zero-order chi connectivity index (χ0) is 9.47. The Morgan fingerprint density at radius 1 is 1.08 bits per heavy atom. The van der Waals surface area contributed by atoms with Crippen molar-refractivity contribution < 1.29 is 0 Å². The minimum atomic E-state index is 0.251. The molecule has 0 saturated heterocycles. The van der Waals surface area contributed by atoms with Crippen molar-refractivity contribution in [3.05, 3.63) is 34.5 Å². The van der Waals surface area contributed by atoms with Crippen LogP contribution < -0.4 is 0 Å². The molecule has 1 heterocycles. The van der Waals surface area contributed by atoms with Gasteiger partial charge in [0.1, 0.15) is 0 Å². The molecule has 0 amide bonds. The van der Waals surface area contributed by atoms with Crippen LogP contribution in [0.4, 0.5) is 0 Å². The number of benzene rings is 1. The van der Waals surface area contributed by atoms with Crippen molar-refractivity contribution in [2.24, 2.45) is 0 Å². The summed E-state index contributed by atoms with van der Waals surface area (Å²) in [7, 11) is 0. The first kappa shape index (κ1) is 8.76. The summed E-state index contributed by atoms with van der Waals surface area (Å²) in [5, 5.41) is 7.25. The minimum absolute atomic E-state index is 0.251. The average molecular weight is 190 g/mol. The summed E-state index contributed by atoms with van der Waals surface area (Å²) in [5.41, 5.74) is 1.70. The Kier molecular flexibility index (Phi) is 1.92. The van der Waals surface area contributed by atoms with Gasteiger partial charge in [0.05, 0.1) is 0 Å². The summed E-state index contributed by atoms with van der Waals surface area (Å²) >= 11 is 1.78. The van der Waals surface area contributed by atoms with Crippen LogP contribution in [0.2, 0.25) is 0 Å². The third kappa shape index (κ3) is 1.49. The summed E-state index contributed by atoms with van der Waals surface area (Å²) in [4.78, 5) is 0. The molecule has 13 heavy (non-hydrogen) atoms. The highest BCUT2D eigenvalue weighted by molar-refractivity contribution is 7.09. The van der Waals surface area contributed by atoms with Gasteiger partial charge in [-0.2, -0.15) is 11.3 Å². The molecule has 0 unspecified atom stereocenters. The third-order valence-corrected chi connectivity index (χ3v) is 3.09. The molecule has 0 atom stereocenters. The Bertz CT molecular complexity index is 418. The Morgan fingerprint density at radius 3 is 2.54 bits per heavy atom. The Balaban J connectivity index is 2.75. The molecule has 0 aliphatic rings. The van der Waals surface area contributed by atoms with Crippen LogP contribution in [0.15, 0.2) is 29.0 Å². The van der Waals surface area contributed by atoms with Crippen LogP contribution in [0.3, 0.4) is 0 Å². The summed E-state index contributed by atoms with van der Waals surface area (Å²) in [5.74, 6) is 0. The topological polar surface area (TPSA) is 0 Å². The van der Waals surface area contributed by atoms with Gasteiger partial charge in [0.25, 0.3) is 0 Å². The lowest BCUT2D eigenvalue weighted by Gasteiger charge is -2.19. The monoisotopic (exact) mass is 190 g/mol.